The summed E-state index contributed by atoms with van der Waals surface area (Å²) in [5.41, 5.74) is 2.11. The van der Waals surface area contributed by atoms with E-state index in [0.717, 1.165) is 21.4 Å². The first-order valence-corrected chi connectivity index (χ1v) is 9.97. The second kappa shape index (κ2) is 8.50. The highest BCUT2D eigenvalue weighted by atomic mass is 16.5. The van der Waals surface area contributed by atoms with Crippen molar-refractivity contribution in [3.05, 3.63) is 98.3 Å². The molecule has 1 amide bonds. The molecule has 0 atom stereocenters. The van der Waals surface area contributed by atoms with Gasteiger partial charge in [0, 0.05) is 38.0 Å². The normalized spacial score (nSPS) is 10.8. The highest BCUT2D eigenvalue weighted by Gasteiger charge is 2.14. The number of aromatic nitrogens is 3. The number of pyridine rings is 1. The smallest absolute Gasteiger partial charge is 0.332 e. The fourth-order valence-electron chi connectivity index (χ4n) is 3.60. The van der Waals surface area contributed by atoms with Gasteiger partial charge in [-0.05, 0) is 29.8 Å². The molecule has 0 unspecified atom stereocenters. The average Bonchev–Trinajstić information content (AvgIpc) is 2.82. The summed E-state index contributed by atoms with van der Waals surface area (Å²) in [6, 6.07) is 16.8. The summed E-state index contributed by atoms with van der Waals surface area (Å²) in [4.78, 5) is 41.6. The molecular weight excluding hydrogens is 408 g/mol. The number of nitrogens with zero attached hydrogens (tertiary/aromatic N) is 3. The summed E-state index contributed by atoms with van der Waals surface area (Å²) < 4.78 is 7.73. The summed E-state index contributed by atoms with van der Waals surface area (Å²) in [6.45, 7) is 0. The first kappa shape index (κ1) is 21.0. The highest BCUT2D eigenvalue weighted by molar-refractivity contribution is 6.05. The van der Waals surface area contributed by atoms with E-state index in [1.54, 1.807) is 19.2 Å². The maximum absolute atomic E-state index is 12.9. The lowest BCUT2D eigenvalue weighted by Gasteiger charge is -2.12. The van der Waals surface area contributed by atoms with Crippen molar-refractivity contribution in [1.82, 2.24) is 14.1 Å². The van der Waals surface area contributed by atoms with Gasteiger partial charge < -0.3 is 10.1 Å². The predicted octanol–water partition coefficient (Wildman–Crippen LogP) is 2.48. The summed E-state index contributed by atoms with van der Waals surface area (Å²) in [7, 11) is 4.53. The number of benzene rings is 2. The van der Waals surface area contributed by atoms with Crippen LogP contribution in [0.5, 0.6) is 5.75 Å². The molecule has 0 aliphatic heterocycles. The van der Waals surface area contributed by atoms with Gasteiger partial charge in [-0.2, -0.15) is 0 Å². The van der Waals surface area contributed by atoms with Crippen molar-refractivity contribution in [2.75, 3.05) is 12.4 Å². The number of hydrogen-bond donors (Lipinski definition) is 1. The molecule has 0 fully saturated rings. The Labute approximate surface area is 183 Å². The molecule has 162 valence electrons. The molecule has 4 aromatic rings. The molecule has 1 N–H and O–H groups in total. The maximum Gasteiger partial charge on any atom is 0.332 e. The molecule has 2 aromatic heterocycles. The number of carbonyl (C=O) groups is 1. The molecule has 2 heterocycles. The van der Waals surface area contributed by atoms with Crippen LogP contribution in [0.4, 0.5) is 5.69 Å². The van der Waals surface area contributed by atoms with Crippen LogP contribution < -0.4 is 21.3 Å². The van der Waals surface area contributed by atoms with E-state index >= 15 is 0 Å². The lowest BCUT2D eigenvalue weighted by Crippen LogP contribution is -2.37. The van der Waals surface area contributed by atoms with E-state index in [-0.39, 0.29) is 16.6 Å². The largest absolute Gasteiger partial charge is 0.496 e. The van der Waals surface area contributed by atoms with Gasteiger partial charge in [0.05, 0.1) is 18.1 Å². The maximum atomic E-state index is 12.9. The Morgan fingerprint density at radius 1 is 1.03 bits per heavy atom. The molecule has 0 aliphatic carbocycles. The van der Waals surface area contributed by atoms with Crippen LogP contribution in [0.3, 0.4) is 0 Å². The van der Waals surface area contributed by atoms with Crippen LogP contribution in [0.2, 0.25) is 0 Å². The number of rotatable bonds is 5. The van der Waals surface area contributed by atoms with E-state index in [9.17, 15) is 14.4 Å². The predicted molar refractivity (Wildman–Crippen MR) is 122 cm³/mol. The molecule has 0 radical (unpaired) electrons. The third-order valence-electron chi connectivity index (χ3n) is 5.33. The quantitative estimate of drug-likeness (QED) is 0.525. The van der Waals surface area contributed by atoms with Crippen LogP contribution in [0.15, 0.2) is 70.4 Å². The second-order valence-electron chi connectivity index (χ2n) is 7.44. The minimum atomic E-state index is -0.500. The van der Waals surface area contributed by atoms with Crippen molar-refractivity contribution >= 4 is 22.6 Å². The van der Waals surface area contributed by atoms with E-state index in [1.165, 1.54) is 30.9 Å². The van der Waals surface area contributed by atoms with Crippen molar-refractivity contribution in [3.8, 4) is 5.75 Å². The van der Waals surface area contributed by atoms with E-state index in [2.05, 4.69) is 10.3 Å². The Hall–Kier alpha value is -4.20. The van der Waals surface area contributed by atoms with Crippen LogP contribution in [0, 0.1) is 0 Å². The monoisotopic (exact) mass is 430 g/mol. The first-order chi connectivity index (χ1) is 15.4. The standard InChI is InChI=1S/C24H22N4O4/c1-27-21-19(23(30)28(2)24(27)31)13-17(14-25-21)22(29)26-18-9-10-20(32-3)16(12-18)11-15-7-5-4-6-8-15/h4-10,12-14H,11H2,1-3H3,(H,26,29). The summed E-state index contributed by atoms with van der Waals surface area (Å²) in [6.07, 6.45) is 2.00. The number of fused-ring (bicyclic) bond motifs is 1. The van der Waals surface area contributed by atoms with Crippen LogP contribution in [0.1, 0.15) is 21.5 Å². The number of anilines is 1. The number of ether oxygens (including phenoxy) is 1. The molecule has 0 aliphatic rings. The van der Waals surface area contributed by atoms with Crippen molar-refractivity contribution in [2.24, 2.45) is 14.1 Å². The van der Waals surface area contributed by atoms with Crippen molar-refractivity contribution < 1.29 is 9.53 Å². The van der Waals surface area contributed by atoms with Crippen LogP contribution in [-0.2, 0) is 20.5 Å². The van der Waals surface area contributed by atoms with Crippen LogP contribution in [0.25, 0.3) is 11.0 Å². The van der Waals surface area contributed by atoms with Gasteiger partial charge in [-0.3, -0.25) is 18.7 Å². The van der Waals surface area contributed by atoms with Gasteiger partial charge in [0.1, 0.15) is 11.4 Å². The molecule has 4 rings (SSSR count). The third-order valence-corrected chi connectivity index (χ3v) is 5.33. The van der Waals surface area contributed by atoms with Gasteiger partial charge in [0.15, 0.2) is 0 Å². The average molecular weight is 430 g/mol. The number of hydrogen-bond acceptors (Lipinski definition) is 5. The van der Waals surface area contributed by atoms with Crippen LogP contribution >= 0.6 is 0 Å². The minimum absolute atomic E-state index is 0.196. The summed E-state index contributed by atoms with van der Waals surface area (Å²) >= 11 is 0. The third kappa shape index (κ3) is 3.90. The molecule has 2 aromatic carbocycles. The zero-order valence-corrected chi connectivity index (χ0v) is 18.0. The fourth-order valence-corrected chi connectivity index (χ4v) is 3.60. The molecular formula is C24H22N4O4. The van der Waals surface area contributed by atoms with Crippen molar-refractivity contribution in [3.63, 3.8) is 0 Å². The number of nitrogens with one attached hydrogen (secondary N) is 1. The van der Waals surface area contributed by atoms with E-state index < -0.39 is 17.2 Å². The Morgan fingerprint density at radius 3 is 2.50 bits per heavy atom. The number of carbonyl (C=O) groups excluding carboxylic acids is 1. The first-order valence-electron chi connectivity index (χ1n) is 9.97. The van der Waals surface area contributed by atoms with Gasteiger partial charge in [0.25, 0.3) is 11.5 Å². The Balaban J connectivity index is 1.65. The SMILES string of the molecule is COc1ccc(NC(=O)c2cnc3c(c2)c(=O)n(C)c(=O)n3C)cc1Cc1ccccc1. The van der Waals surface area contributed by atoms with Crippen molar-refractivity contribution in [1.29, 1.82) is 0 Å². The van der Waals surface area contributed by atoms with Gasteiger partial charge in [-0.1, -0.05) is 30.3 Å². The molecule has 0 saturated carbocycles. The lowest BCUT2D eigenvalue weighted by atomic mass is 10.0. The molecule has 8 nitrogen and oxygen atoms in total. The van der Waals surface area contributed by atoms with Crippen molar-refractivity contribution in [2.45, 2.75) is 6.42 Å². The Kier molecular flexibility index (Phi) is 5.59. The van der Waals surface area contributed by atoms with E-state index in [0.29, 0.717) is 12.1 Å². The summed E-state index contributed by atoms with van der Waals surface area (Å²) in [5, 5.41) is 3.04. The molecule has 8 heteroatoms. The zero-order chi connectivity index (χ0) is 22.8. The van der Waals surface area contributed by atoms with E-state index in [4.69, 9.17) is 4.74 Å². The van der Waals surface area contributed by atoms with E-state index in [1.807, 2.05) is 36.4 Å². The minimum Gasteiger partial charge on any atom is -0.496 e. The molecule has 0 spiro atoms. The fraction of sp³-hybridized carbons (Fsp3) is 0.167. The Morgan fingerprint density at radius 2 is 1.78 bits per heavy atom. The second-order valence-corrected chi connectivity index (χ2v) is 7.44. The molecule has 0 bridgehead atoms. The summed E-state index contributed by atoms with van der Waals surface area (Å²) in [5.74, 6) is 0.315. The highest BCUT2D eigenvalue weighted by Crippen LogP contribution is 2.25. The number of amides is 1. The van der Waals surface area contributed by atoms with Gasteiger partial charge in [0.2, 0.25) is 0 Å². The lowest BCUT2D eigenvalue weighted by molar-refractivity contribution is 0.102. The number of aryl methyl sites for hydroxylation is 1. The number of methoxy groups -OCH3 is 1. The zero-order valence-electron chi connectivity index (χ0n) is 18.0. The van der Waals surface area contributed by atoms with Gasteiger partial charge >= 0.3 is 5.69 Å². The van der Waals surface area contributed by atoms with Gasteiger partial charge in [-0.15, -0.1) is 0 Å². The molecule has 0 saturated heterocycles. The molecule has 32 heavy (non-hydrogen) atoms. The Bertz CT molecular complexity index is 1440. The van der Waals surface area contributed by atoms with Crippen LogP contribution in [-0.4, -0.2) is 27.1 Å². The topological polar surface area (TPSA) is 95.2 Å². The van der Waals surface area contributed by atoms with Gasteiger partial charge in [-0.25, -0.2) is 9.78 Å².